The molecule has 2 saturated carbocycles. The average molecular weight is 641 g/mol. The van der Waals surface area contributed by atoms with Gasteiger partial charge in [0.15, 0.2) is 11.5 Å². The maximum absolute atomic E-state index is 14.2. The Balaban J connectivity index is 1.24. The first kappa shape index (κ1) is 29.0. The molecule has 0 radical (unpaired) electrons. The maximum atomic E-state index is 14.2. The van der Waals surface area contributed by atoms with Crippen molar-refractivity contribution < 1.29 is 17.9 Å². The number of benzene rings is 1. The monoisotopic (exact) mass is 640 g/mol. The Kier molecular flexibility index (Phi) is 6.66. The molecule has 2 aliphatic carbocycles. The summed E-state index contributed by atoms with van der Waals surface area (Å²) in [7, 11) is 3.23. The van der Waals surface area contributed by atoms with E-state index in [1.165, 1.54) is 24.3 Å². The van der Waals surface area contributed by atoms with Gasteiger partial charge in [-0.15, -0.1) is 5.10 Å². The Morgan fingerprint density at radius 2 is 1.79 bits per heavy atom. The largest absolute Gasteiger partial charge is 0.480 e. The van der Waals surface area contributed by atoms with E-state index in [0.29, 0.717) is 45.1 Å². The van der Waals surface area contributed by atoms with Crippen LogP contribution in [0.1, 0.15) is 54.6 Å². The molecule has 2 fully saturated rings. The summed E-state index contributed by atoms with van der Waals surface area (Å²) in [5.74, 6) is 1.20. The predicted octanol–water partition coefficient (Wildman–Crippen LogP) is 5.20. The van der Waals surface area contributed by atoms with Crippen LogP contribution in [-0.4, -0.2) is 56.2 Å². The lowest BCUT2D eigenvalue weighted by molar-refractivity contribution is -0.140. The summed E-state index contributed by atoms with van der Waals surface area (Å²) in [6.07, 6.45) is 4.78. The Morgan fingerprint density at radius 1 is 1.00 bits per heavy atom. The number of ether oxygens (including phenoxy) is 1. The minimum absolute atomic E-state index is 0.00500. The van der Waals surface area contributed by atoms with Crippen LogP contribution < -0.4 is 10.3 Å². The van der Waals surface area contributed by atoms with Crippen LogP contribution in [0.2, 0.25) is 0 Å². The van der Waals surface area contributed by atoms with E-state index in [1.54, 1.807) is 52.7 Å². The lowest BCUT2D eigenvalue weighted by Crippen LogP contribution is -2.24. The second-order valence-corrected chi connectivity index (χ2v) is 11.9. The van der Waals surface area contributed by atoms with Crippen molar-refractivity contribution in [2.75, 3.05) is 7.11 Å². The van der Waals surface area contributed by atoms with Crippen molar-refractivity contribution in [1.82, 2.24) is 49.0 Å². The molecule has 0 amide bonds. The first-order valence-corrected chi connectivity index (χ1v) is 15.1. The fourth-order valence-electron chi connectivity index (χ4n) is 5.87. The second kappa shape index (κ2) is 10.8. The van der Waals surface area contributed by atoms with Crippen LogP contribution in [0.3, 0.4) is 0 Å². The van der Waals surface area contributed by atoms with Gasteiger partial charge in [0.1, 0.15) is 23.4 Å². The molecule has 0 saturated heterocycles. The van der Waals surface area contributed by atoms with E-state index >= 15 is 0 Å². The quantitative estimate of drug-likeness (QED) is 0.220. The van der Waals surface area contributed by atoms with Gasteiger partial charge in [0, 0.05) is 42.4 Å². The molecule has 5 aromatic heterocycles. The number of imidazole rings is 1. The third kappa shape index (κ3) is 5.20. The van der Waals surface area contributed by atoms with Crippen molar-refractivity contribution in [1.29, 1.82) is 0 Å². The van der Waals surface area contributed by atoms with E-state index in [0.717, 1.165) is 43.1 Å². The lowest BCUT2D eigenvalue weighted by Gasteiger charge is -2.15. The zero-order valence-electron chi connectivity index (χ0n) is 25.3. The fourth-order valence-corrected chi connectivity index (χ4v) is 5.87. The minimum Gasteiger partial charge on any atom is -0.480 e. The molecule has 15 heteroatoms. The molecule has 0 bridgehead atoms. The summed E-state index contributed by atoms with van der Waals surface area (Å²) in [6, 6.07) is 8.75. The van der Waals surface area contributed by atoms with Crippen LogP contribution in [-0.2, 0) is 19.8 Å². The van der Waals surface area contributed by atoms with Crippen molar-refractivity contribution >= 4 is 11.0 Å². The molecular formula is C32H27F3N10O2. The van der Waals surface area contributed by atoms with Gasteiger partial charge in [0.25, 0.3) is 5.56 Å². The highest BCUT2D eigenvalue weighted by Crippen LogP contribution is 2.45. The summed E-state index contributed by atoms with van der Waals surface area (Å²) in [4.78, 5) is 36.5. The number of rotatable bonds is 8. The normalized spacial score (nSPS) is 15.0. The fraction of sp³-hybridized carbons (Fsp3) is 0.312. The highest BCUT2D eigenvalue weighted by Gasteiger charge is 2.37. The molecule has 0 N–H and O–H groups in total. The predicted molar refractivity (Wildman–Crippen MR) is 163 cm³/mol. The van der Waals surface area contributed by atoms with Crippen LogP contribution in [0, 0.1) is 0 Å². The molecule has 47 heavy (non-hydrogen) atoms. The number of halogens is 3. The number of fused-ring (bicyclic) bond motifs is 1. The minimum atomic E-state index is -4.54. The van der Waals surface area contributed by atoms with Crippen molar-refractivity contribution in [3.05, 3.63) is 82.6 Å². The number of alkyl halides is 3. The Morgan fingerprint density at radius 3 is 2.45 bits per heavy atom. The van der Waals surface area contributed by atoms with Crippen LogP contribution in [0.4, 0.5) is 13.2 Å². The highest BCUT2D eigenvalue weighted by atomic mass is 19.4. The number of aromatic nitrogens is 10. The van der Waals surface area contributed by atoms with E-state index in [-0.39, 0.29) is 29.9 Å². The number of pyridine rings is 1. The standard InChI is InChI=1S/C32H27F3N10O2/c1-43-23(13-39-42-43)22-11-20-12-36-27(25-26(18-7-8-18)37-16-38-30(25)47-2)41-29(20)45(31(22)46)14-17-3-5-19(6-4-17)28-40-24(32(33,34)35)15-44(28)21-9-10-21/h3-6,11-13,15-16,18,21H,7-10,14H2,1-2H3. The molecular weight excluding hydrogens is 613 g/mol. The maximum Gasteiger partial charge on any atom is 0.434 e. The molecule has 8 rings (SSSR count). The molecule has 0 atom stereocenters. The van der Waals surface area contributed by atoms with E-state index in [4.69, 9.17) is 9.72 Å². The van der Waals surface area contributed by atoms with Crippen molar-refractivity contribution in [3.63, 3.8) is 0 Å². The third-order valence-corrected chi connectivity index (χ3v) is 8.56. The first-order valence-electron chi connectivity index (χ1n) is 15.1. The summed E-state index contributed by atoms with van der Waals surface area (Å²) in [5, 5.41) is 8.55. The summed E-state index contributed by atoms with van der Waals surface area (Å²) in [5.41, 5.74) is 2.71. The number of hydrogen-bond acceptors (Lipinski definition) is 9. The SMILES string of the molecule is COc1ncnc(C2CC2)c1-c1ncc2cc(-c3cnnn3C)c(=O)n(Cc3ccc(-c4nc(C(F)(F)F)cn4C4CC4)cc3)c2n1. The van der Waals surface area contributed by atoms with E-state index < -0.39 is 11.9 Å². The molecule has 6 aromatic rings. The topological polar surface area (TPSA) is 131 Å². The number of hydrogen-bond donors (Lipinski definition) is 0. The van der Waals surface area contributed by atoms with Gasteiger partial charge in [0.2, 0.25) is 5.88 Å². The highest BCUT2D eigenvalue weighted by molar-refractivity contribution is 5.82. The Labute approximate surface area is 264 Å². The van der Waals surface area contributed by atoms with Gasteiger partial charge in [-0.2, -0.15) is 13.2 Å². The zero-order valence-corrected chi connectivity index (χ0v) is 25.3. The average Bonchev–Trinajstić information content (AvgIpc) is 4.01. The first-order chi connectivity index (χ1) is 22.7. The number of aryl methyl sites for hydroxylation is 1. The lowest BCUT2D eigenvalue weighted by atomic mass is 10.1. The summed E-state index contributed by atoms with van der Waals surface area (Å²) < 4.78 is 50.8. The smallest absolute Gasteiger partial charge is 0.434 e. The van der Waals surface area contributed by atoms with Gasteiger partial charge in [0.05, 0.1) is 36.8 Å². The van der Waals surface area contributed by atoms with Crippen LogP contribution in [0.15, 0.2) is 60.0 Å². The van der Waals surface area contributed by atoms with Crippen molar-refractivity contribution in [2.45, 2.75) is 50.4 Å². The molecule has 5 heterocycles. The number of nitrogens with zero attached hydrogens (tertiary/aromatic N) is 10. The Hall–Kier alpha value is -5.47. The summed E-state index contributed by atoms with van der Waals surface area (Å²) >= 11 is 0. The third-order valence-electron chi connectivity index (χ3n) is 8.56. The van der Waals surface area contributed by atoms with Gasteiger partial charge in [-0.3, -0.25) is 9.36 Å². The van der Waals surface area contributed by atoms with Crippen LogP contribution >= 0.6 is 0 Å². The van der Waals surface area contributed by atoms with Crippen molar-refractivity contribution in [2.24, 2.45) is 7.05 Å². The van der Waals surface area contributed by atoms with Gasteiger partial charge < -0.3 is 9.30 Å². The number of methoxy groups -OCH3 is 1. The van der Waals surface area contributed by atoms with Gasteiger partial charge in [-0.1, -0.05) is 29.5 Å². The second-order valence-electron chi connectivity index (χ2n) is 11.9. The molecule has 0 unspecified atom stereocenters. The molecule has 1 aromatic carbocycles. The van der Waals surface area contributed by atoms with Crippen LogP contribution in [0.25, 0.3) is 45.1 Å². The Bertz CT molecular complexity index is 2210. The van der Waals surface area contributed by atoms with Gasteiger partial charge in [-0.05, 0) is 37.3 Å². The molecule has 0 spiro atoms. The summed E-state index contributed by atoms with van der Waals surface area (Å²) in [6.45, 7) is 0.119. The van der Waals surface area contributed by atoms with Gasteiger partial charge in [-0.25, -0.2) is 29.6 Å². The van der Waals surface area contributed by atoms with Crippen molar-refractivity contribution in [3.8, 4) is 39.9 Å². The molecule has 2 aliphatic rings. The van der Waals surface area contributed by atoms with Crippen LogP contribution in [0.5, 0.6) is 5.88 Å². The molecule has 238 valence electrons. The van der Waals surface area contributed by atoms with E-state index in [9.17, 15) is 18.0 Å². The van der Waals surface area contributed by atoms with Gasteiger partial charge >= 0.3 is 6.18 Å². The van der Waals surface area contributed by atoms with E-state index in [1.807, 2.05) is 0 Å². The molecule has 0 aliphatic heterocycles. The zero-order chi connectivity index (χ0) is 32.4. The molecule has 12 nitrogen and oxygen atoms in total. The van der Waals surface area contributed by atoms with E-state index in [2.05, 4.69) is 30.2 Å².